The first-order valence-corrected chi connectivity index (χ1v) is 10.2. The molecule has 0 bridgehead atoms. The maximum Gasteiger partial charge on any atom is 0.157 e. The molecule has 1 N–H and O–H groups in total. The van der Waals surface area contributed by atoms with Gasteiger partial charge in [0.2, 0.25) is 0 Å². The Hall–Kier alpha value is -0.120. The molecule has 0 saturated heterocycles. The molecule has 0 saturated carbocycles. The van der Waals surface area contributed by atoms with Gasteiger partial charge in [0, 0.05) is 13.2 Å². The zero-order valence-electron chi connectivity index (χ0n) is 16.0. The summed E-state index contributed by atoms with van der Waals surface area (Å²) in [4.78, 5) is 0. The smallest absolute Gasteiger partial charge is 0.157 e. The van der Waals surface area contributed by atoms with Crippen LogP contribution in [0.3, 0.4) is 0 Å². The lowest BCUT2D eigenvalue weighted by Gasteiger charge is -2.19. The molecule has 0 spiro atoms. The fraction of sp³-hybridized carbons (Fsp3) is 1.00. The summed E-state index contributed by atoms with van der Waals surface area (Å²) in [5, 5.41) is 9.54. The zero-order valence-corrected chi connectivity index (χ0v) is 16.0. The van der Waals surface area contributed by atoms with Gasteiger partial charge in [-0.3, -0.25) is 0 Å². The molecule has 0 aliphatic rings. The second kappa shape index (κ2) is 18.2. The molecule has 3 heteroatoms. The number of aliphatic hydroxyl groups is 1. The van der Waals surface area contributed by atoms with Crippen molar-refractivity contribution in [1.82, 2.24) is 0 Å². The molecule has 0 aromatic rings. The van der Waals surface area contributed by atoms with Crippen molar-refractivity contribution in [2.45, 2.75) is 117 Å². The Labute approximate surface area is 145 Å². The first-order chi connectivity index (χ1) is 11.2. The Bertz CT molecular complexity index is 209. The monoisotopic (exact) mass is 330 g/mol. The van der Waals surface area contributed by atoms with Gasteiger partial charge < -0.3 is 14.6 Å². The average molecular weight is 331 g/mol. The lowest BCUT2D eigenvalue weighted by atomic mass is 10.1. The van der Waals surface area contributed by atoms with Gasteiger partial charge in [-0.05, 0) is 38.5 Å². The van der Waals surface area contributed by atoms with Gasteiger partial charge in [-0.1, -0.05) is 65.7 Å². The second-order valence-corrected chi connectivity index (χ2v) is 6.64. The van der Waals surface area contributed by atoms with Gasteiger partial charge in [0.1, 0.15) is 0 Å². The normalized spacial score (nSPS) is 12.9. The first-order valence-electron chi connectivity index (χ1n) is 10.2. The third-order valence-electron chi connectivity index (χ3n) is 4.30. The maximum atomic E-state index is 9.54. The number of unbranched alkanes of at least 4 members (excludes halogenated alkanes) is 7. The van der Waals surface area contributed by atoms with Gasteiger partial charge in [0.25, 0.3) is 0 Å². The molecule has 0 aromatic carbocycles. The van der Waals surface area contributed by atoms with Crippen molar-refractivity contribution in [3.05, 3.63) is 0 Å². The quantitative estimate of drug-likeness (QED) is 0.253. The molecule has 23 heavy (non-hydrogen) atoms. The van der Waals surface area contributed by atoms with Gasteiger partial charge >= 0.3 is 0 Å². The molecule has 3 nitrogen and oxygen atoms in total. The van der Waals surface area contributed by atoms with E-state index < -0.39 is 0 Å². The van der Waals surface area contributed by atoms with E-state index in [1.165, 1.54) is 38.5 Å². The van der Waals surface area contributed by atoms with Gasteiger partial charge in [-0.15, -0.1) is 0 Å². The molecule has 1 atom stereocenters. The van der Waals surface area contributed by atoms with E-state index in [9.17, 15) is 5.11 Å². The lowest BCUT2D eigenvalue weighted by Crippen LogP contribution is -2.19. The number of hydrogen-bond donors (Lipinski definition) is 1. The topological polar surface area (TPSA) is 38.7 Å². The Kier molecular flexibility index (Phi) is 18.1. The van der Waals surface area contributed by atoms with Gasteiger partial charge in [-0.25, -0.2) is 0 Å². The zero-order chi connectivity index (χ0) is 17.2. The van der Waals surface area contributed by atoms with Crippen molar-refractivity contribution in [1.29, 1.82) is 0 Å². The second-order valence-electron chi connectivity index (χ2n) is 6.64. The highest BCUT2D eigenvalue weighted by Gasteiger charge is 2.09. The first kappa shape index (κ1) is 22.9. The fourth-order valence-corrected chi connectivity index (χ4v) is 2.60. The van der Waals surface area contributed by atoms with E-state index in [0.717, 1.165) is 58.2 Å². The van der Waals surface area contributed by atoms with E-state index in [0.29, 0.717) is 0 Å². The van der Waals surface area contributed by atoms with E-state index in [2.05, 4.69) is 13.8 Å². The number of aliphatic hydroxyl groups excluding tert-OH is 1. The van der Waals surface area contributed by atoms with Crippen LogP contribution in [0, 0.1) is 0 Å². The van der Waals surface area contributed by atoms with Crippen molar-refractivity contribution in [3.8, 4) is 0 Å². The number of hydrogen-bond acceptors (Lipinski definition) is 3. The van der Waals surface area contributed by atoms with Crippen LogP contribution in [0.25, 0.3) is 0 Å². The molecule has 0 heterocycles. The number of ether oxygens (including phenoxy) is 2. The minimum Gasteiger partial charge on any atom is -0.393 e. The SMILES string of the molecule is CCCCCOC(CCCCCCC(O)CC)OCCCCC. The van der Waals surface area contributed by atoms with Crippen LogP contribution in [-0.2, 0) is 9.47 Å². The summed E-state index contributed by atoms with van der Waals surface area (Å²) in [6, 6.07) is 0. The van der Waals surface area contributed by atoms with Crippen molar-refractivity contribution in [2.75, 3.05) is 13.2 Å². The highest BCUT2D eigenvalue weighted by molar-refractivity contribution is 4.55. The maximum absolute atomic E-state index is 9.54. The van der Waals surface area contributed by atoms with Crippen LogP contribution in [0.1, 0.15) is 104 Å². The van der Waals surface area contributed by atoms with Crippen molar-refractivity contribution in [2.24, 2.45) is 0 Å². The summed E-state index contributed by atoms with van der Waals surface area (Å²) in [5.74, 6) is 0. The lowest BCUT2D eigenvalue weighted by molar-refractivity contribution is -0.148. The highest BCUT2D eigenvalue weighted by Crippen LogP contribution is 2.13. The van der Waals surface area contributed by atoms with Gasteiger partial charge in [-0.2, -0.15) is 0 Å². The summed E-state index contributed by atoms with van der Waals surface area (Å²) in [6.07, 6.45) is 14.6. The number of rotatable bonds is 18. The van der Waals surface area contributed by atoms with E-state index in [1.807, 2.05) is 6.92 Å². The van der Waals surface area contributed by atoms with Crippen LogP contribution in [-0.4, -0.2) is 30.7 Å². The molecular formula is C20H42O3. The standard InChI is InChI=1S/C20H42O3/c1-4-7-13-17-22-20(23-18-14-8-5-2)16-12-10-9-11-15-19(21)6-3/h19-21H,4-18H2,1-3H3. The largest absolute Gasteiger partial charge is 0.393 e. The average Bonchev–Trinajstić information content (AvgIpc) is 2.57. The van der Waals surface area contributed by atoms with Gasteiger partial charge in [0.05, 0.1) is 6.10 Å². The Morgan fingerprint density at radius 3 is 1.65 bits per heavy atom. The van der Waals surface area contributed by atoms with E-state index in [-0.39, 0.29) is 12.4 Å². The van der Waals surface area contributed by atoms with Crippen LogP contribution in [0.15, 0.2) is 0 Å². The molecule has 0 amide bonds. The molecule has 0 aliphatic carbocycles. The predicted molar refractivity (Wildman–Crippen MR) is 98.7 cm³/mol. The van der Waals surface area contributed by atoms with Crippen molar-refractivity contribution < 1.29 is 14.6 Å². The van der Waals surface area contributed by atoms with Crippen LogP contribution >= 0.6 is 0 Å². The molecule has 140 valence electrons. The molecule has 1 unspecified atom stereocenters. The fourth-order valence-electron chi connectivity index (χ4n) is 2.60. The van der Waals surface area contributed by atoms with E-state index in [4.69, 9.17) is 9.47 Å². The van der Waals surface area contributed by atoms with Crippen LogP contribution in [0.4, 0.5) is 0 Å². The predicted octanol–water partition coefficient (Wildman–Crippen LogP) is 5.84. The van der Waals surface area contributed by atoms with Crippen LogP contribution in [0.5, 0.6) is 0 Å². The van der Waals surface area contributed by atoms with Gasteiger partial charge in [0.15, 0.2) is 6.29 Å². The molecule has 0 rings (SSSR count). The molecule has 0 fully saturated rings. The minimum absolute atomic E-state index is 0.00931. The summed E-state index contributed by atoms with van der Waals surface area (Å²) in [6.45, 7) is 8.13. The Morgan fingerprint density at radius 1 is 0.652 bits per heavy atom. The van der Waals surface area contributed by atoms with Crippen LogP contribution < -0.4 is 0 Å². The van der Waals surface area contributed by atoms with Crippen molar-refractivity contribution in [3.63, 3.8) is 0 Å². The van der Waals surface area contributed by atoms with Crippen LogP contribution in [0.2, 0.25) is 0 Å². The third-order valence-corrected chi connectivity index (χ3v) is 4.30. The Balaban J connectivity index is 3.72. The highest BCUT2D eigenvalue weighted by atomic mass is 16.7. The minimum atomic E-state index is -0.105. The molecule has 0 aromatic heterocycles. The summed E-state index contributed by atoms with van der Waals surface area (Å²) < 4.78 is 11.8. The van der Waals surface area contributed by atoms with Crippen molar-refractivity contribution >= 4 is 0 Å². The summed E-state index contributed by atoms with van der Waals surface area (Å²) in [7, 11) is 0. The molecule has 0 radical (unpaired) electrons. The third kappa shape index (κ3) is 16.5. The molecule has 0 aliphatic heterocycles. The summed E-state index contributed by atoms with van der Waals surface area (Å²) in [5.41, 5.74) is 0. The van der Waals surface area contributed by atoms with E-state index >= 15 is 0 Å². The summed E-state index contributed by atoms with van der Waals surface area (Å²) >= 11 is 0. The molecular weight excluding hydrogens is 288 g/mol. The Morgan fingerprint density at radius 2 is 1.17 bits per heavy atom. The van der Waals surface area contributed by atoms with E-state index in [1.54, 1.807) is 0 Å².